The van der Waals surface area contributed by atoms with E-state index in [0.29, 0.717) is 18.6 Å². The van der Waals surface area contributed by atoms with Crippen molar-refractivity contribution in [2.24, 2.45) is 0 Å². The van der Waals surface area contributed by atoms with Gasteiger partial charge in [0.25, 0.3) is 0 Å². The Morgan fingerprint density at radius 2 is 2.10 bits per heavy atom. The average Bonchev–Trinajstić information content (AvgIpc) is 2.52. The third-order valence-corrected chi connectivity index (χ3v) is 4.25. The Kier molecular flexibility index (Phi) is 6.05. The highest BCUT2D eigenvalue weighted by molar-refractivity contribution is 5.66. The van der Waals surface area contributed by atoms with E-state index in [2.05, 4.69) is 17.0 Å². The van der Waals surface area contributed by atoms with Crippen molar-refractivity contribution in [2.45, 2.75) is 50.7 Å². The number of methoxy groups -OCH3 is 1. The highest BCUT2D eigenvalue weighted by Gasteiger charge is 2.26. The predicted octanol–water partition coefficient (Wildman–Crippen LogP) is 3.32. The second kappa shape index (κ2) is 8.03. The van der Waals surface area contributed by atoms with Crippen molar-refractivity contribution in [2.75, 3.05) is 18.6 Å². The first-order valence-electron chi connectivity index (χ1n) is 7.77. The average molecular weight is 291 g/mol. The monoisotopic (exact) mass is 291 g/mol. The number of rotatable bonds is 7. The number of hydrogen-bond acceptors (Lipinski definition) is 3. The van der Waals surface area contributed by atoms with Gasteiger partial charge >= 0.3 is 5.97 Å². The summed E-state index contributed by atoms with van der Waals surface area (Å²) in [5.41, 5.74) is 1.18. The number of nitrogens with zero attached hydrogens (tertiary/aromatic N) is 1. The lowest BCUT2D eigenvalue weighted by Crippen LogP contribution is -2.41. The zero-order valence-electron chi connectivity index (χ0n) is 12.7. The lowest BCUT2D eigenvalue weighted by Gasteiger charge is -2.38. The number of carbonyl (C=O) groups is 1. The Bertz CT molecular complexity index is 435. The minimum Gasteiger partial charge on any atom is -0.481 e. The largest absolute Gasteiger partial charge is 0.481 e. The molecule has 0 aliphatic heterocycles. The maximum Gasteiger partial charge on any atom is 0.303 e. The molecule has 0 aromatic heterocycles. The number of ether oxygens (including phenoxy) is 1. The van der Waals surface area contributed by atoms with E-state index >= 15 is 0 Å². The van der Waals surface area contributed by atoms with Crippen LogP contribution in [0.1, 0.15) is 38.5 Å². The van der Waals surface area contributed by atoms with Crippen LogP contribution in [0.5, 0.6) is 0 Å². The normalized spacial score (nSPS) is 22.0. The van der Waals surface area contributed by atoms with Crippen molar-refractivity contribution in [3.8, 4) is 0 Å². The summed E-state index contributed by atoms with van der Waals surface area (Å²) in [4.78, 5) is 13.1. The molecule has 4 heteroatoms. The van der Waals surface area contributed by atoms with Crippen LogP contribution in [0.2, 0.25) is 0 Å². The van der Waals surface area contributed by atoms with Crippen molar-refractivity contribution in [3.05, 3.63) is 30.3 Å². The first-order chi connectivity index (χ1) is 10.2. The summed E-state index contributed by atoms with van der Waals surface area (Å²) < 4.78 is 5.53. The van der Waals surface area contributed by atoms with Crippen LogP contribution in [0.4, 0.5) is 5.69 Å². The highest BCUT2D eigenvalue weighted by atomic mass is 16.5. The smallest absolute Gasteiger partial charge is 0.303 e. The van der Waals surface area contributed by atoms with Gasteiger partial charge in [0.15, 0.2) is 0 Å². The van der Waals surface area contributed by atoms with Crippen LogP contribution in [0.3, 0.4) is 0 Å². The zero-order valence-corrected chi connectivity index (χ0v) is 12.7. The number of carboxylic acid groups (broad SMARTS) is 1. The Morgan fingerprint density at radius 3 is 2.76 bits per heavy atom. The number of anilines is 1. The fraction of sp³-hybridized carbons (Fsp3) is 0.588. The van der Waals surface area contributed by atoms with E-state index in [1.807, 2.05) is 18.2 Å². The number of aliphatic carboxylic acids is 1. The fourth-order valence-electron chi connectivity index (χ4n) is 3.16. The molecule has 116 valence electrons. The second-order valence-electron chi connectivity index (χ2n) is 5.70. The molecule has 0 spiro atoms. The topological polar surface area (TPSA) is 49.8 Å². The summed E-state index contributed by atoms with van der Waals surface area (Å²) in [7, 11) is 1.78. The molecule has 4 nitrogen and oxygen atoms in total. The molecular formula is C17H25NO3. The Hall–Kier alpha value is -1.55. The van der Waals surface area contributed by atoms with E-state index in [4.69, 9.17) is 9.84 Å². The van der Waals surface area contributed by atoms with Gasteiger partial charge in [-0.3, -0.25) is 4.79 Å². The zero-order chi connectivity index (χ0) is 15.1. The highest BCUT2D eigenvalue weighted by Crippen LogP contribution is 2.29. The maximum absolute atomic E-state index is 10.8. The molecule has 2 unspecified atom stereocenters. The molecule has 1 aliphatic carbocycles. The molecular weight excluding hydrogens is 266 g/mol. The van der Waals surface area contributed by atoms with E-state index in [9.17, 15) is 4.79 Å². The van der Waals surface area contributed by atoms with Gasteiger partial charge < -0.3 is 14.7 Å². The van der Waals surface area contributed by atoms with Gasteiger partial charge in [-0.2, -0.15) is 0 Å². The molecule has 2 atom stereocenters. The first-order valence-corrected chi connectivity index (χ1v) is 7.77. The minimum absolute atomic E-state index is 0.226. The Labute approximate surface area is 126 Å². The van der Waals surface area contributed by atoms with Crippen LogP contribution in [0, 0.1) is 0 Å². The SMILES string of the molecule is COC1CCCC(N(CCCC(=O)O)c2ccccc2)C1. The van der Waals surface area contributed by atoms with Gasteiger partial charge in [0.05, 0.1) is 6.10 Å². The van der Waals surface area contributed by atoms with Gasteiger partial charge in [-0.1, -0.05) is 18.2 Å². The molecule has 1 aromatic rings. The van der Waals surface area contributed by atoms with E-state index in [-0.39, 0.29) is 6.42 Å². The van der Waals surface area contributed by atoms with Crippen LogP contribution in [0.15, 0.2) is 30.3 Å². The van der Waals surface area contributed by atoms with Gasteiger partial charge in [-0.25, -0.2) is 0 Å². The van der Waals surface area contributed by atoms with Crippen molar-refractivity contribution >= 4 is 11.7 Å². The van der Waals surface area contributed by atoms with E-state index < -0.39 is 5.97 Å². The molecule has 0 saturated heterocycles. The molecule has 0 radical (unpaired) electrons. The molecule has 21 heavy (non-hydrogen) atoms. The van der Waals surface area contributed by atoms with E-state index in [0.717, 1.165) is 25.8 Å². The van der Waals surface area contributed by atoms with E-state index in [1.165, 1.54) is 12.1 Å². The molecule has 1 aliphatic rings. The van der Waals surface area contributed by atoms with Crippen molar-refractivity contribution in [1.29, 1.82) is 0 Å². The molecule has 1 fully saturated rings. The van der Waals surface area contributed by atoms with Crippen LogP contribution in [0.25, 0.3) is 0 Å². The molecule has 1 N–H and O–H groups in total. The number of benzene rings is 1. The van der Waals surface area contributed by atoms with Gasteiger partial charge in [-0.15, -0.1) is 0 Å². The van der Waals surface area contributed by atoms with Crippen LogP contribution < -0.4 is 4.90 Å². The number of para-hydroxylation sites is 1. The number of carboxylic acids is 1. The van der Waals surface area contributed by atoms with Crippen LogP contribution in [-0.2, 0) is 9.53 Å². The molecule has 2 rings (SSSR count). The lowest BCUT2D eigenvalue weighted by molar-refractivity contribution is -0.137. The summed E-state index contributed by atoms with van der Waals surface area (Å²) in [5, 5.41) is 8.85. The van der Waals surface area contributed by atoms with Gasteiger partial charge in [0.1, 0.15) is 0 Å². The van der Waals surface area contributed by atoms with Crippen molar-refractivity contribution < 1.29 is 14.6 Å². The first kappa shape index (κ1) is 15.8. The van der Waals surface area contributed by atoms with Gasteiger partial charge in [0, 0.05) is 31.8 Å². The van der Waals surface area contributed by atoms with Crippen molar-refractivity contribution in [3.63, 3.8) is 0 Å². The second-order valence-corrected chi connectivity index (χ2v) is 5.70. The lowest BCUT2D eigenvalue weighted by atomic mass is 9.91. The van der Waals surface area contributed by atoms with Crippen LogP contribution >= 0.6 is 0 Å². The predicted molar refractivity (Wildman–Crippen MR) is 83.7 cm³/mol. The summed E-state index contributed by atoms with van der Waals surface area (Å²) in [6, 6.07) is 10.7. The summed E-state index contributed by atoms with van der Waals surface area (Å²) in [6.07, 6.45) is 5.72. The number of hydrogen-bond donors (Lipinski definition) is 1. The van der Waals surface area contributed by atoms with Gasteiger partial charge in [-0.05, 0) is 44.2 Å². The molecule has 0 amide bonds. The quantitative estimate of drug-likeness (QED) is 0.837. The molecule has 0 heterocycles. The third kappa shape index (κ3) is 4.74. The summed E-state index contributed by atoms with van der Waals surface area (Å²) in [6.45, 7) is 0.789. The third-order valence-electron chi connectivity index (χ3n) is 4.25. The minimum atomic E-state index is -0.721. The standard InChI is InChI=1S/C17H25NO3/c1-21-16-10-5-9-15(13-16)18(12-6-11-17(19)20)14-7-3-2-4-8-14/h2-4,7-8,15-16H,5-6,9-13H2,1H3,(H,19,20). The van der Waals surface area contributed by atoms with Gasteiger partial charge in [0.2, 0.25) is 0 Å². The van der Waals surface area contributed by atoms with Crippen LogP contribution in [-0.4, -0.2) is 36.9 Å². The maximum atomic E-state index is 10.8. The molecule has 1 saturated carbocycles. The molecule has 1 aromatic carbocycles. The molecule has 0 bridgehead atoms. The Morgan fingerprint density at radius 1 is 1.33 bits per heavy atom. The van der Waals surface area contributed by atoms with Crippen molar-refractivity contribution in [1.82, 2.24) is 0 Å². The summed E-state index contributed by atoms with van der Waals surface area (Å²) in [5.74, 6) is -0.721. The van der Waals surface area contributed by atoms with E-state index in [1.54, 1.807) is 7.11 Å². The summed E-state index contributed by atoms with van der Waals surface area (Å²) >= 11 is 0. The fourth-order valence-corrected chi connectivity index (χ4v) is 3.16. The Balaban J connectivity index is 2.05.